The molecular weight excluding hydrogens is 370 g/mol. The summed E-state index contributed by atoms with van der Waals surface area (Å²) in [6, 6.07) is 11.7. The Hall–Kier alpha value is -1.97. The van der Waals surface area contributed by atoms with Crippen molar-refractivity contribution < 1.29 is 22.0 Å². The fraction of sp³-hybridized carbons (Fsp3) is 0.188. The van der Waals surface area contributed by atoms with E-state index < -0.39 is 21.7 Å². The van der Waals surface area contributed by atoms with Gasteiger partial charge in [-0.1, -0.05) is 36.9 Å². The van der Waals surface area contributed by atoms with Crippen molar-refractivity contribution >= 4 is 33.4 Å². The highest BCUT2D eigenvalue weighted by molar-refractivity contribution is 7.99. The fourth-order valence-electron chi connectivity index (χ4n) is 2.04. The number of thioether (sulfide) groups is 1. The van der Waals surface area contributed by atoms with Gasteiger partial charge in [-0.05, 0) is 30.3 Å². The highest BCUT2D eigenvalue weighted by atomic mass is 32.2. The molecule has 0 heterocycles. The number of amides is 1. The van der Waals surface area contributed by atoms with E-state index in [1.54, 1.807) is 19.1 Å². The number of nitrogens with one attached hydrogen (secondary N) is 2. The zero-order valence-corrected chi connectivity index (χ0v) is 14.8. The van der Waals surface area contributed by atoms with Gasteiger partial charge in [-0.2, -0.15) is 8.78 Å². The van der Waals surface area contributed by atoms with Gasteiger partial charge in [-0.25, -0.2) is 13.1 Å². The highest BCUT2D eigenvalue weighted by Crippen LogP contribution is 2.31. The molecule has 2 N–H and O–H groups in total. The van der Waals surface area contributed by atoms with Gasteiger partial charge >= 0.3 is 0 Å². The standard InChI is InChI=1S/C16H16F2N2O3S2/c1-2-19-25(22,23)12-7-5-6-11(10-12)15(21)20-13-8-3-4-9-14(13)24-16(17)18/h3-10,16,19H,2H2,1H3,(H,20,21). The molecule has 0 aromatic heterocycles. The van der Waals surface area contributed by atoms with E-state index in [0.717, 1.165) is 0 Å². The van der Waals surface area contributed by atoms with Crippen molar-refractivity contribution in [3.05, 3.63) is 54.1 Å². The van der Waals surface area contributed by atoms with Crippen LogP contribution in [0, 0.1) is 0 Å². The summed E-state index contributed by atoms with van der Waals surface area (Å²) in [6.07, 6.45) is 0. The maximum absolute atomic E-state index is 12.6. The van der Waals surface area contributed by atoms with Crippen LogP contribution in [0.15, 0.2) is 58.3 Å². The molecule has 0 bridgehead atoms. The number of hydrogen-bond donors (Lipinski definition) is 2. The Kier molecular flexibility index (Phi) is 6.51. The Morgan fingerprint density at radius 1 is 1.16 bits per heavy atom. The number of carbonyl (C=O) groups is 1. The van der Waals surface area contributed by atoms with E-state index in [-0.39, 0.29) is 27.6 Å². The molecule has 0 atom stereocenters. The molecule has 2 aromatic rings. The number of sulfonamides is 1. The number of para-hydroxylation sites is 1. The third-order valence-electron chi connectivity index (χ3n) is 3.09. The number of hydrogen-bond acceptors (Lipinski definition) is 4. The molecule has 1 amide bonds. The van der Waals surface area contributed by atoms with Crippen molar-refractivity contribution in [3.8, 4) is 0 Å². The van der Waals surface area contributed by atoms with E-state index in [9.17, 15) is 22.0 Å². The van der Waals surface area contributed by atoms with E-state index in [0.29, 0.717) is 11.8 Å². The number of benzene rings is 2. The minimum absolute atomic E-state index is 0.0442. The van der Waals surface area contributed by atoms with Crippen LogP contribution < -0.4 is 10.0 Å². The third kappa shape index (κ3) is 5.25. The van der Waals surface area contributed by atoms with Crippen molar-refractivity contribution in [2.75, 3.05) is 11.9 Å². The lowest BCUT2D eigenvalue weighted by molar-refractivity contribution is 0.102. The summed E-state index contributed by atoms with van der Waals surface area (Å²) in [4.78, 5) is 12.5. The Bertz CT molecular complexity index is 858. The van der Waals surface area contributed by atoms with Gasteiger partial charge < -0.3 is 5.32 Å². The highest BCUT2D eigenvalue weighted by Gasteiger charge is 2.16. The SMILES string of the molecule is CCNS(=O)(=O)c1cccc(C(=O)Nc2ccccc2SC(F)F)c1. The molecule has 0 aliphatic rings. The van der Waals surface area contributed by atoms with E-state index in [1.165, 1.54) is 36.4 Å². The van der Waals surface area contributed by atoms with Gasteiger partial charge in [0, 0.05) is 17.0 Å². The molecule has 0 saturated carbocycles. The van der Waals surface area contributed by atoms with Crippen molar-refractivity contribution in [3.63, 3.8) is 0 Å². The van der Waals surface area contributed by atoms with Crippen LogP contribution in [-0.2, 0) is 10.0 Å². The number of alkyl halides is 2. The van der Waals surface area contributed by atoms with E-state index in [4.69, 9.17) is 0 Å². The fourth-order valence-corrected chi connectivity index (χ4v) is 3.72. The van der Waals surface area contributed by atoms with Crippen LogP contribution >= 0.6 is 11.8 Å². The van der Waals surface area contributed by atoms with Gasteiger partial charge in [0.25, 0.3) is 11.7 Å². The topological polar surface area (TPSA) is 75.3 Å². The molecule has 0 radical (unpaired) electrons. The van der Waals surface area contributed by atoms with Gasteiger partial charge in [-0.15, -0.1) is 0 Å². The monoisotopic (exact) mass is 386 g/mol. The van der Waals surface area contributed by atoms with Crippen molar-refractivity contribution in [1.29, 1.82) is 0 Å². The molecule has 134 valence electrons. The van der Waals surface area contributed by atoms with Crippen LogP contribution in [0.3, 0.4) is 0 Å². The largest absolute Gasteiger partial charge is 0.321 e. The lowest BCUT2D eigenvalue weighted by Crippen LogP contribution is -2.23. The van der Waals surface area contributed by atoms with Crippen molar-refractivity contribution in [2.45, 2.75) is 22.5 Å². The van der Waals surface area contributed by atoms with Gasteiger partial charge in [0.2, 0.25) is 10.0 Å². The molecule has 9 heteroatoms. The van der Waals surface area contributed by atoms with E-state index in [2.05, 4.69) is 10.0 Å². The van der Waals surface area contributed by atoms with Crippen LogP contribution in [0.5, 0.6) is 0 Å². The summed E-state index contributed by atoms with van der Waals surface area (Å²) < 4.78 is 51.5. The lowest BCUT2D eigenvalue weighted by Gasteiger charge is -2.11. The van der Waals surface area contributed by atoms with Gasteiger partial charge in [0.1, 0.15) is 0 Å². The average molecular weight is 386 g/mol. The quantitative estimate of drug-likeness (QED) is 0.714. The second-order valence-electron chi connectivity index (χ2n) is 4.86. The molecule has 0 spiro atoms. The van der Waals surface area contributed by atoms with Crippen LogP contribution in [-0.4, -0.2) is 26.6 Å². The minimum Gasteiger partial charge on any atom is -0.321 e. The molecule has 0 aliphatic heterocycles. The number of rotatable bonds is 7. The maximum Gasteiger partial charge on any atom is 0.288 e. The Morgan fingerprint density at radius 3 is 2.56 bits per heavy atom. The molecule has 0 unspecified atom stereocenters. The van der Waals surface area contributed by atoms with Crippen molar-refractivity contribution in [1.82, 2.24) is 4.72 Å². The normalized spacial score (nSPS) is 11.5. The van der Waals surface area contributed by atoms with Gasteiger partial charge in [-0.3, -0.25) is 4.79 Å². The molecule has 2 rings (SSSR count). The second kappa shape index (κ2) is 8.41. The number of halogens is 2. The number of anilines is 1. The zero-order valence-electron chi connectivity index (χ0n) is 13.2. The molecule has 2 aromatic carbocycles. The average Bonchev–Trinajstić information content (AvgIpc) is 2.56. The second-order valence-corrected chi connectivity index (χ2v) is 7.66. The predicted octanol–water partition coefficient (Wildman–Crippen LogP) is 3.55. The predicted molar refractivity (Wildman–Crippen MR) is 93.6 cm³/mol. The summed E-state index contributed by atoms with van der Waals surface area (Å²) >= 11 is 0.322. The van der Waals surface area contributed by atoms with Gasteiger partial charge in [0.15, 0.2) is 0 Å². The van der Waals surface area contributed by atoms with E-state index >= 15 is 0 Å². The van der Waals surface area contributed by atoms with Crippen LogP contribution in [0.1, 0.15) is 17.3 Å². The first kappa shape index (κ1) is 19.4. The van der Waals surface area contributed by atoms with Crippen LogP contribution in [0.25, 0.3) is 0 Å². The summed E-state index contributed by atoms with van der Waals surface area (Å²) in [5.41, 5.74) is 0.341. The summed E-state index contributed by atoms with van der Waals surface area (Å²) in [7, 11) is -3.70. The Morgan fingerprint density at radius 2 is 1.88 bits per heavy atom. The molecular formula is C16H16F2N2O3S2. The molecule has 0 fully saturated rings. The zero-order chi connectivity index (χ0) is 18.4. The summed E-state index contributed by atoms with van der Waals surface area (Å²) in [5.74, 6) is -3.21. The first-order chi connectivity index (χ1) is 11.8. The summed E-state index contributed by atoms with van der Waals surface area (Å²) in [6.45, 7) is 1.86. The van der Waals surface area contributed by atoms with Crippen LogP contribution in [0.4, 0.5) is 14.5 Å². The third-order valence-corrected chi connectivity index (χ3v) is 5.42. The first-order valence-corrected chi connectivity index (χ1v) is 9.64. The minimum atomic E-state index is -3.70. The molecule has 5 nitrogen and oxygen atoms in total. The first-order valence-electron chi connectivity index (χ1n) is 7.28. The molecule has 0 aliphatic carbocycles. The smallest absolute Gasteiger partial charge is 0.288 e. The van der Waals surface area contributed by atoms with Crippen LogP contribution in [0.2, 0.25) is 0 Å². The van der Waals surface area contributed by atoms with E-state index in [1.807, 2.05) is 0 Å². The maximum atomic E-state index is 12.6. The Labute approximate surface area is 148 Å². The molecule has 0 saturated heterocycles. The van der Waals surface area contributed by atoms with Crippen molar-refractivity contribution in [2.24, 2.45) is 0 Å². The lowest BCUT2D eigenvalue weighted by atomic mass is 10.2. The summed E-state index contributed by atoms with van der Waals surface area (Å²) in [5, 5.41) is 2.53. The van der Waals surface area contributed by atoms with Gasteiger partial charge in [0.05, 0.1) is 10.6 Å². The number of carbonyl (C=O) groups excluding carboxylic acids is 1. The molecule has 25 heavy (non-hydrogen) atoms. The Balaban J connectivity index is 2.25.